The van der Waals surface area contributed by atoms with Crippen molar-refractivity contribution in [3.63, 3.8) is 0 Å². The molecule has 0 saturated carbocycles. The summed E-state index contributed by atoms with van der Waals surface area (Å²) in [5.41, 5.74) is 2.76. The highest BCUT2D eigenvalue weighted by Gasteiger charge is 2.05. The summed E-state index contributed by atoms with van der Waals surface area (Å²) < 4.78 is 5.22. The first kappa shape index (κ1) is 10.8. The molecule has 0 saturated heterocycles. The van der Waals surface area contributed by atoms with Gasteiger partial charge in [0.25, 0.3) is 0 Å². The fourth-order valence-corrected chi connectivity index (χ4v) is 1.75. The smallest absolute Gasteiger partial charge is 0.181 e. The molecule has 0 N–H and O–H groups in total. The lowest BCUT2D eigenvalue weighted by Gasteiger charge is -2.14. The lowest BCUT2D eigenvalue weighted by atomic mass is 10.2. The summed E-state index contributed by atoms with van der Waals surface area (Å²) in [6.45, 7) is 2.79. The van der Waals surface area contributed by atoms with E-state index in [4.69, 9.17) is 4.42 Å². The predicted octanol–water partition coefficient (Wildman–Crippen LogP) is 1.85. The molecule has 0 unspecified atom stereocenters. The molecular weight excluding hydrogens is 204 g/mol. The van der Waals surface area contributed by atoms with Crippen LogP contribution in [0.25, 0.3) is 11.1 Å². The Kier molecular flexibility index (Phi) is 3.01. The topological polar surface area (TPSA) is 46.3 Å². The second-order valence-electron chi connectivity index (χ2n) is 4.03. The van der Waals surface area contributed by atoms with Crippen LogP contribution >= 0.6 is 0 Å². The molecule has 2 aromatic rings. The molecule has 16 heavy (non-hydrogen) atoms. The summed E-state index contributed by atoms with van der Waals surface area (Å²) in [6.07, 6.45) is 1.44. The SMILES string of the molecule is CC(=O)CN(C)Cc1ccc2ncoc2c1. The Labute approximate surface area is 93.9 Å². The van der Waals surface area contributed by atoms with Crippen LogP contribution in [-0.4, -0.2) is 29.3 Å². The standard InChI is InChI=1S/C12H14N2O2/c1-9(15)6-14(2)7-10-3-4-11-12(5-10)16-8-13-11/h3-5,8H,6-7H2,1-2H3. The molecule has 1 aromatic carbocycles. The van der Waals surface area contributed by atoms with Gasteiger partial charge in [-0.1, -0.05) is 6.07 Å². The predicted molar refractivity (Wildman–Crippen MR) is 61.0 cm³/mol. The summed E-state index contributed by atoms with van der Waals surface area (Å²) >= 11 is 0. The van der Waals surface area contributed by atoms with E-state index < -0.39 is 0 Å². The highest BCUT2D eigenvalue weighted by Crippen LogP contribution is 2.15. The molecule has 0 aliphatic carbocycles. The highest BCUT2D eigenvalue weighted by atomic mass is 16.3. The van der Waals surface area contributed by atoms with Crippen molar-refractivity contribution in [1.82, 2.24) is 9.88 Å². The van der Waals surface area contributed by atoms with Crippen molar-refractivity contribution in [2.24, 2.45) is 0 Å². The lowest BCUT2D eigenvalue weighted by Crippen LogP contribution is -2.23. The van der Waals surface area contributed by atoms with Crippen molar-refractivity contribution in [3.8, 4) is 0 Å². The molecular formula is C12H14N2O2. The average molecular weight is 218 g/mol. The molecule has 0 spiro atoms. The van der Waals surface area contributed by atoms with Gasteiger partial charge in [-0.2, -0.15) is 0 Å². The summed E-state index contributed by atoms with van der Waals surface area (Å²) in [5, 5.41) is 0. The Balaban J connectivity index is 2.11. The van der Waals surface area contributed by atoms with Gasteiger partial charge in [0, 0.05) is 6.54 Å². The largest absolute Gasteiger partial charge is 0.443 e. The van der Waals surface area contributed by atoms with Gasteiger partial charge in [-0.3, -0.25) is 9.69 Å². The Morgan fingerprint density at radius 2 is 2.31 bits per heavy atom. The van der Waals surface area contributed by atoms with Crippen molar-refractivity contribution in [3.05, 3.63) is 30.2 Å². The van der Waals surface area contributed by atoms with Crippen LogP contribution in [0.4, 0.5) is 0 Å². The van der Waals surface area contributed by atoms with Gasteiger partial charge in [-0.15, -0.1) is 0 Å². The minimum Gasteiger partial charge on any atom is -0.443 e. The van der Waals surface area contributed by atoms with Gasteiger partial charge in [0.15, 0.2) is 12.0 Å². The number of aromatic nitrogens is 1. The van der Waals surface area contributed by atoms with E-state index in [9.17, 15) is 4.79 Å². The molecule has 0 bridgehead atoms. The number of fused-ring (bicyclic) bond motifs is 1. The van der Waals surface area contributed by atoms with Crippen LogP contribution < -0.4 is 0 Å². The number of likely N-dealkylation sites (N-methyl/N-ethyl adjacent to an activating group) is 1. The summed E-state index contributed by atoms with van der Waals surface area (Å²) in [6, 6.07) is 5.89. The van der Waals surface area contributed by atoms with Crippen LogP contribution in [0.2, 0.25) is 0 Å². The summed E-state index contributed by atoms with van der Waals surface area (Å²) in [7, 11) is 1.92. The first-order valence-corrected chi connectivity index (χ1v) is 5.15. The fourth-order valence-electron chi connectivity index (χ4n) is 1.75. The number of carbonyl (C=O) groups is 1. The van der Waals surface area contributed by atoms with Gasteiger partial charge >= 0.3 is 0 Å². The summed E-state index contributed by atoms with van der Waals surface area (Å²) in [5.74, 6) is 0.170. The average Bonchev–Trinajstić information content (AvgIpc) is 2.63. The van der Waals surface area contributed by atoms with Crippen LogP contribution in [0.3, 0.4) is 0 Å². The lowest BCUT2D eigenvalue weighted by molar-refractivity contribution is -0.117. The Morgan fingerprint density at radius 3 is 3.06 bits per heavy atom. The number of carbonyl (C=O) groups excluding carboxylic acids is 1. The van der Waals surface area contributed by atoms with Crippen LogP contribution in [0.15, 0.2) is 29.0 Å². The zero-order valence-electron chi connectivity index (χ0n) is 9.43. The van der Waals surface area contributed by atoms with Crippen molar-refractivity contribution < 1.29 is 9.21 Å². The summed E-state index contributed by atoms with van der Waals surface area (Å²) in [4.78, 5) is 17.0. The van der Waals surface area contributed by atoms with Crippen molar-refractivity contribution in [2.45, 2.75) is 13.5 Å². The minimum absolute atomic E-state index is 0.170. The van der Waals surface area contributed by atoms with Gasteiger partial charge in [-0.05, 0) is 31.7 Å². The molecule has 2 rings (SSSR count). The number of hydrogen-bond acceptors (Lipinski definition) is 4. The van der Waals surface area contributed by atoms with Crippen LogP contribution in [0.5, 0.6) is 0 Å². The molecule has 1 aromatic heterocycles. The number of ketones is 1. The van der Waals surface area contributed by atoms with E-state index in [0.717, 1.165) is 23.2 Å². The molecule has 84 valence electrons. The molecule has 4 nitrogen and oxygen atoms in total. The Bertz CT molecular complexity index is 504. The van der Waals surface area contributed by atoms with Crippen molar-refractivity contribution >= 4 is 16.9 Å². The van der Waals surface area contributed by atoms with Gasteiger partial charge in [-0.25, -0.2) is 4.98 Å². The third-order valence-corrected chi connectivity index (χ3v) is 2.34. The van der Waals surface area contributed by atoms with E-state index in [2.05, 4.69) is 4.98 Å². The maximum absolute atomic E-state index is 10.9. The number of Topliss-reactive ketones (excluding diaryl/α,β-unsaturated/α-hetero) is 1. The third-order valence-electron chi connectivity index (χ3n) is 2.34. The van der Waals surface area contributed by atoms with Crippen LogP contribution in [-0.2, 0) is 11.3 Å². The van der Waals surface area contributed by atoms with E-state index in [1.165, 1.54) is 6.39 Å². The molecule has 0 atom stereocenters. The quantitative estimate of drug-likeness (QED) is 0.785. The molecule has 1 heterocycles. The molecule has 0 radical (unpaired) electrons. The Morgan fingerprint density at radius 1 is 1.50 bits per heavy atom. The molecule has 0 aliphatic heterocycles. The van der Waals surface area contributed by atoms with E-state index in [1.54, 1.807) is 6.92 Å². The molecule has 0 fully saturated rings. The van der Waals surface area contributed by atoms with Crippen molar-refractivity contribution in [1.29, 1.82) is 0 Å². The first-order chi connectivity index (χ1) is 7.65. The van der Waals surface area contributed by atoms with E-state index in [1.807, 2.05) is 30.1 Å². The zero-order valence-corrected chi connectivity index (χ0v) is 9.43. The number of nitrogens with zero attached hydrogens (tertiary/aromatic N) is 2. The molecule has 4 heteroatoms. The fraction of sp³-hybridized carbons (Fsp3) is 0.333. The van der Waals surface area contributed by atoms with Gasteiger partial charge in [0.2, 0.25) is 0 Å². The van der Waals surface area contributed by atoms with Crippen LogP contribution in [0, 0.1) is 0 Å². The second kappa shape index (κ2) is 4.45. The number of hydrogen-bond donors (Lipinski definition) is 0. The van der Waals surface area contributed by atoms with Gasteiger partial charge in [0.1, 0.15) is 11.3 Å². The molecule has 0 amide bonds. The maximum Gasteiger partial charge on any atom is 0.181 e. The van der Waals surface area contributed by atoms with E-state index >= 15 is 0 Å². The maximum atomic E-state index is 10.9. The number of benzene rings is 1. The normalized spacial score (nSPS) is 11.2. The van der Waals surface area contributed by atoms with Gasteiger partial charge < -0.3 is 4.42 Å². The first-order valence-electron chi connectivity index (χ1n) is 5.15. The second-order valence-corrected chi connectivity index (χ2v) is 4.03. The third kappa shape index (κ3) is 2.46. The van der Waals surface area contributed by atoms with Crippen molar-refractivity contribution in [2.75, 3.05) is 13.6 Å². The number of rotatable bonds is 4. The highest BCUT2D eigenvalue weighted by molar-refractivity contribution is 5.77. The number of oxazole rings is 1. The zero-order chi connectivity index (χ0) is 11.5. The van der Waals surface area contributed by atoms with E-state index in [-0.39, 0.29) is 5.78 Å². The minimum atomic E-state index is 0.170. The van der Waals surface area contributed by atoms with Crippen LogP contribution in [0.1, 0.15) is 12.5 Å². The van der Waals surface area contributed by atoms with E-state index in [0.29, 0.717) is 6.54 Å². The monoisotopic (exact) mass is 218 g/mol. The Hall–Kier alpha value is -1.68. The van der Waals surface area contributed by atoms with Gasteiger partial charge in [0.05, 0.1) is 6.54 Å². The molecule has 0 aliphatic rings.